The molecule has 0 unspecified atom stereocenters. The average molecular weight is 221 g/mol. The highest BCUT2D eigenvalue weighted by Gasteiger charge is 2.03. The Labute approximate surface area is 91.0 Å². The Morgan fingerprint density at radius 1 is 1.53 bits per heavy atom. The largest absolute Gasteiger partial charge is 0.375 e. The minimum atomic E-state index is 0.00183. The molecular weight excluding hydrogens is 210 g/mol. The van der Waals surface area contributed by atoms with Crippen molar-refractivity contribution >= 4 is 16.5 Å². The molecule has 2 aromatic heterocycles. The molecule has 0 bridgehead atoms. The number of nitrogens with zero attached hydrogens (tertiary/aromatic N) is 2. The first kappa shape index (κ1) is 9.92. The van der Waals surface area contributed by atoms with E-state index >= 15 is 0 Å². The maximum absolute atomic E-state index is 11.6. The summed E-state index contributed by atoms with van der Waals surface area (Å²) in [5.41, 5.74) is 6.47. The van der Waals surface area contributed by atoms with Crippen molar-refractivity contribution in [2.24, 2.45) is 0 Å². The highest BCUT2D eigenvalue weighted by Crippen LogP contribution is 2.15. The van der Waals surface area contributed by atoms with Crippen LogP contribution in [-0.4, -0.2) is 9.55 Å². The minimum Gasteiger partial charge on any atom is -0.375 e. The van der Waals surface area contributed by atoms with Crippen molar-refractivity contribution in [3.8, 4) is 0 Å². The Morgan fingerprint density at radius 3 is 2.93 bits per heavy atom. The van der Waals surface area contributed by atoms with Crippen LogP contribution in [0.4, 0.5) is 5.13 Å². The molecule has 0 aliphatic heterocycles. The summed E-state index contributed by atoms with van der Waals surface area (Å²) in [7, 11) is 0. The molecule has 4 nitrogen and oxygen atoms in total. The molecule has 78 valence electrons. The summed E-state index contributed by atoms with van der Waals surface area (Å²) in [6.07, 6.45) is 1.71. The number of hydrogen-bond donors (Lipinski definition) is 1. The number of thiazole rings is 1. The van der Waals surface area contributed by atoms with Crippen molar-refractivity contribution in [3.63, 3.8) is 0 Å². The molecule has 15 heavy (non-hydrogen) atoms. The maximum atomic E-state index is 11.6. The Hall–Kier alpha value is -1.62. The standard InChI is InChI=1S/C10H11N3OS/c1-7-3-2-4-9(14)13(7)6-8-5-12-10(11)15-8/h2-5H,6H2,1H3,(H2,11,12). The molecule has 0 aromatic carbocycles. The molecule has 2 rings (SSSR count). The predicted octanol–water partition coefficient (Wildman–Crippen LogP) is 1.24. The smallest absolute Gasteiger partial charge is 0.251 e. The van der Waals surface area contributed by atoms with Gasteiger partial charge < -0.3 is 10.3 Å². The van der Waals surface area contributed by atoms with Gasteiger partial charge in [-0.2, -0.15) is 0 Å². The lowest BCUT2D eigenvalue weighted by Gasteiger charge is -2.06. The van der Waals surface area contributed by atoms with Crippen LogP contribution in [-0.2, 0) is 6.54 Å². The van der Waals surface area contributed by atoms with Crippen LogP contribution in [0.5, 0.6) is 0 Å². The number of aromatic nitrogens is 2. The molecule has 0 atom stereocenters. The van der Waals surface area contributed by atoms with Gasteiger partial charge in [0.2, 0.25) is 0 Å². The number of anilines is 1. The highest BCUT2D eigenvalue weighted by molar-refractivity contribution is 7.15. The Balaban J connectivity index is 2.36. The minimum absolute atomic E-state index is 0.00183. The van der Waals surface area contributed by atoms with Gasteiger partial charge in [0.05, 0.1) is 6.54 Å². The van der Waals surface area contributed by atoms with Crippen molar-refractivity contribution in [2.45, 2.75) is 13.5 Å². The van der Waals surface area contributed by atoms with Crippen LogP contribution >= 0.6 is 11.3 Å². The fraction of sp³-hybridized carbons (Fsp3) is 0.200. The number of nitrogens with two attached hydrogens (primary N) is 1. The van der Waals surface area contributed by atoms with Gasteiger partial charge in [-0.1, -0.05) is 6.07 Å². The normalized spacial score (nSPS) is 10.5. The van der Waals surface area contributed by atoms with Crippen LogP contribution in [0.15, 0.2) is 29.2 Å². The number of hydrogen-bond acceptors (Lipinski definition) is 4. The van der Waals surface area contributed by atoms with Gasteiger partial charge in [0.1, 0.15) is 0 Å². The second kappa shape index (κ2) is 3.86. The summed E-state index contributed by atoms with van der Waals surface area (Å²) in [5.74, 6) is 0. The van der Waals surface area contributed by atoms with E-state index in [0.29, 0.717) is 11.7 Å². The number of aryl methyl sites for hydroxylation is 1. The zero-order valence-electron chi connectivity index (χ0n) is 8.30. The van der Waals surface area contributed by atoms with E-state index in [4.69, 9.17) is 5.73 Å². The Bertz CT molecular complexity index is 529. The molecular formula is C10H11N3OS. The van der Waals surface area contributed by atoms with E-state index in [1.165, 1.54) is 11.3 Å². The number of nitrogen functional groups attached to an aromatic ring is 1. The van der Waals surface area contributed by atoms with Crippen LogP contribution in [0.1, 0.15) is 10.6 Å². The van der Waals surface area contributed by atoms with Crippen molar-refractivity contribution in [1.29, 1.82) is 0 Å². The van der Waals surface area contributed by atoms with Crippen LogP contribution in [0.2, 0.25) is 0 Å². The zero-order chi connectivity index (χ0) is 10.8. The SMILES string of the molecule is Cc1cccc(=O)n1Cc1cnc(N)s1. The average Bonchev–Trinajstić information content (AvgIpc) is 2.58. The molecule has 0 saturated carbocycles. The van der Waals surface area contributed by atoms with E-state index in [-0.39, 0.29) is 5.56 Å². The quantitative estimate of drug-likeness (QED) is 0.830. The molecule has 0 aliphatic carbocycles. The molecule has 5 heteroatoms. The van der Waals surface area contributed by atoms with E-state index < -0.39 is 0 Å². The van der Waals surface area contributed by atoms with E-state index in [2.05, 4.69) is 4.98 Å². The highest BCUT2D eigenvalue weighted by atomic mass is 32.1. The summed E-state index contributed by atoms with van der Waals surface area (Å²) < 4.78 is 1.70. The van der Waals surface area contributed by atoms with Crippen LogP contribution in [0.25, 0.3) is 0 Å². The predicted molar refractivity (Wildman–Crippen MR) is 61.1 cm³/mol. The first-order valence-electron chi connectivity index (χ1n) is 4.53. The van der Waals surface area contributed by atoms with Gasteiger partial charge in [-0.3, -0.25) is 4.79 Å². The van der Waals surface area contributed by atoms with Crippen LogP contribution < -0.4 is 11.3 Å². The van der Waals surface area contributed by atoms with E-state index in [9.17, 15) is 4.79 Å². The van der Waals surface area contributed by atoms with Crippen molar-refractivity contribution in [2.75, 3.05) is 5.73 Å². The monoisotopic (exact) mass is 221 g/mol. The summed E-state index contributed by atoms with van der Waals surface area (Å²) >= 11 is 1.41. The molecule has 2 aromatic rings. The first-order valence-corrected chi connectivity index (χ1v) is 5.35. The van der Waals surface area contributed by atoms with Crippen molar-refractivity contribution in [3.05, 3.63) is 45.3 Å². The van der Waals surface area contributed by atoms with Gasteiger partial charge in [-0.15, -0.1) is 11.3 Å². The fourth-order valence-electron chi connectivity index (χ4n) is 1.38. The van der Waals surface area contributed by atoms with Gasteiger partial charge in [0, 0.05) is 22.8 Å². The second-order valence-electron chi connectivity index (χ2n) is 3.26. The van der Waals surface area contributed by atoms with E-state index in [0.717, 1.165) is 10.6 Å². The Kier molecular flexibility index (Phi) is 2.55. The van der Waals surface area contributed by atoms with E-state index in [1.54, 1.807) is 22.9 Å². The molecule has 2 N–H and O–H groups in total. The lowest BCUT2D eigenvalue weighted by atomic mass is 10.3. The fourth-order valence-corrected chi connectivity index (χ4v) is 2.05. The number of rotatable bonds is 2. The zero-order valence-corrected chi connectivity index (χ0v) is 9.12. The molecule has 2 heterocycles. The molecule has 0 fully saturated rings. The molecule has 0 saturated heterocycles. The third-order valence-electron chi connectivity index (χ3n) is 2.15. The first-order chi connectivity index (χ1) is 7.16. The maximum Gasteiger partial charge on any atom is 0.251 e. The van der Waals surface area contributed by atoms with Crippen LogP contribution in [0, 0.1) is 6.92 Å². The van der Waals surface area contributed by atoms with Crippen molar-refractivity contribution in [1.82, 2.24) is 9.55 Å². The van der Waals surface area contributed by atoms with Gasteiger partial charge in [0.25, 0.3) is 5.56 Å². The summed E-state index contributed by atoms with van der Waals surface area (Å²) in [6.45, 7) is 2.45. The molecule has 0 radical (unpaired) electrons. The molecule has 0 amide bonds. The van der Waals surface area contributed by atoms with Gasteiger partial charge >= 0.3 is 0 Å². The van der Waals surface area contributed by atoms with Gasteiger partial charge in [-0.25, -0.2) is 4.98 Å². The Morgan fingerprint density at radius 2 is 2.33 bits per heavy atom. The van der Waals surface area contributed by atoms with E-state index in [1.807, 2.05) is 13.0 Å². The summed E-state index contributed by atoms with van der Waals surface area (Å²) in [5, 5.41) is 0.534. The lowest BCUT2D eigenvalue weighted by Crippen LogP contribution is -2.20. The van der Waals surface area contributed by atoms with Crippen molar-refractivity contribution < 1.29 is 0 Å². The summed E-state index contributed by atoms with van der Waals surface area (Å²) in [6, 6.07) is 5.22. The molecule has 0 spiro atoms. The number of pyridine rings is 1. The van der Waals surface area contributed by atoms with Crippen LogP contribution in [0.3, 0.4) is 0 Å². The molecule has 0 aliphatic rings. The lowest BCUT2D eigenvalue weighted by molar-refractivity contribution is 0.738. The third-order valence-corrected chi connectivity index (χ3v) is 2.96. The summed E-state index contributed by atoms with van der Waals surface area (Å²) in [4.78, 5) is 16.5. The van der Waals surface area contributed by atoms with Gasteiger partial charge in [0.15, 0.2) is 5.13 Å². The second-order valence-corrected chi connectivity index (χ2v) is 4.40. The van der Waals surface area contributed by atoms with Gasteiger partial charge in [-0.05, 0) is 13.0 Å². The topological polar surface area (TPSA) is 60.9 Å². The third kappa shape index (κ3) is 2.07.